The number of aromatic nitrogens is 2. The number of carbonyl (C=O) groups is 2. The Hall–Kier alpha value is -3.06. The molecule has 7 N–H and O–H groups in total. The molecule has 0 aromatic carbocycles. The summed E-state index contributed by atoms with van der Waals surface area (Å²) in [6.07, 6.45) is 6.15. The minimum Gasteiger partial charge on any atom is -0.391 e. The Morgan fingerprint density at radius 2 is 2.12 bits per heavy atom. The fraction of sp³-hybridized carbons (Fsp3) is 0.538. The number of imidazole rings is 1. The summed E-state index contributed by atoms with van der Waals surface area (Å²) in [4.78, 5) is 40.8. The van der Waals surface area contributed by atoms with Crippen molar-refractivity contribution in [3.63, 3.8) is 0 Å². The number of carbonyl (C=O) groups excluding carboxylic acids is 2. The Morgan fingerprint density at radius 3 is 2.62 bits per heavy atom. The van der Waals surface area contributed by atoms with Crippen LogP contribution in [-0.4, -0.2) is 58.7 Å². The second-order valence-corrected chi connectivity index (χ2v) is 5.00. The van der Waals surface area contributed by atoms with Crippen LogP contribution in [0.25, 0.3) is 0 Å². The molecule has 0 aliphatic carbocycles. The number of nitrogens with one attached hydrogen (secondary N) is 1. The van der Waals surface area contributed by atoms with Gasteiger partial charge in [-0.3, -0.25) is 5.41 Å². The van der Waals surface area contributed by atoms with Crippen LogP contribution in [-0.2, 0) is 14.3 Å². The summed E-state index contributed by atoms with van der Waals surface area (Å²) in [6, 6.07) is -0.830. The average molecular weight is 372 g/mol. The van der Waals surface area contributed by atoms with Gasteiger partial charge in [-0.05, 0) is 19.4 Å². The Bertz CT molecular complexity index is 565. The van der Waals surface area contributed by atoms with E-state index in [9.17, 15) is 14.5 Å². The Morgan fingerprint density at radius 1 is 1.42 bits per heavy atom. The molecule has 0 radical (unpaired) electrons. The Balaban J connectivity index is 0.000000642. The molecule has 0 aliphatic rings. The molecular formula is C13H24N8O5. The number of hydrogen-bond donors (Lipinski definition) is 4. The quantitative estimate of drug-likeness (QED) is 0.0737. The van der Waals surface area contributed by atoms with Gasteiger partial charge in [0.2, 0.25) is 0 Å². The second-order valence-electron chi connectivity index (χ2n) is 5.00. The summed E-state index contributed by atoms with van der Waals surface area (Å²) in [5.74, 6) is -1.84. The van der Waals surface area contributed by atoms with Crippen molar-refractivity contribution in [3.8, 4) is 0 Å². The van der Waals surface area contributed by atoms with Gasteiger partial charge in [0, 0.05) is 13.2 Å². The smallest absolute Gasteiger partial charge is 0.333 e. The van der Waals surface area contributed by atoms with E-state index in [1.165, 1.54) is 25.8 Å². The second kappa shape index (κ2) is 13.3. The number of ether oxygens (including phenoxy) is 1. The lowest BCUT2D eigenvalue weighted by Crippen LogP contribution is -2.40. The van der Waals surface area contributed by atoms with Crippen LogP contribution in [0.2, 0.25) is 0 Å². The lowest BCUT2D eigenvalue weighted by atomic mass is 10.1. The Labute approximate surface area is 149 Å². The van der Waals surface area contributed by atoms with Gasteiger partial charge in [-0.25, -0.2) is 19.5 Å². The van der Waals surface area contributed by atoms with E-state index < -0.39 is 18.0 Å². The zero-order valence-electron chi connectivity index (χ0n) is 14.4. The van der Waals surface area contributed by atoms with Crippen molar-refractivity contribution < 1.29 is 19.3 Å². The van der Waals surface area contributed by atoms with Crippen molar-refractivity contribution in [1.29, 1.82) is 5.41 Å². The molecule has 1 aromatic rings. The van der Waals surface area contributed by atoms with E-state index in [4.69, 9.17) is 22.6 Å². The van der Waals surface area contributed by atoms with Crippen molar-refractivity contribution in [2.75, 3.05) is 20.1 Å². The standard InChI is InChI=1S/C10H21N5O3.C3H3N3O2/c1-15(10(13)14)6-8(16)18-9(17)7(12)4-2-3-5-11;7-5-8-6-2-1-4-3-6/h7H,2-6,11-12H2,1H3,(H3,13,14);1-3H/t7-;/m0./s1. The van der Waals surface area contributed by atoms with E-state index in [0.717, 1.165) is 16.1 Å². The predicted octanol–water partition coefficient (Wildman–Crippen LogP) is -1.67. The zero-order chi connectivity index (χ0) is 19.9. The van der Waals surface area contributed by atoms with Crippen LogP contribution in [0.4, 0.5) is 0 Å². The van der Waals surface area contributed by atoms with Gasteiger partial charge in [0.1, 0.15) is 18.9 Å². The van der Waals surface area contributed by atoms with Gasteiger partial charge in [0.25, 0.3) is 0 Å². The monoisotopic (exact) mass is 372 g/mol. The van der Waals surface area contributed by atoms with Crippen LogP contribution in [0.5, 0.6) is 0 Å². The average Bonchev–Trinajstić information content (AvgIpc) is 3.08. The fourth-order valence-electron chi connectivity index (χ4n) is 1.46. The van der Waals surface area contributed by atoms with E-state index in [1.54, 1.807) is 0 Å². The van der Waals surface area contributed by atoms with Gasteiger partial charge in [-0.1, -0.05) is 6.42 Å². The van der Waals surface area contributed by atoms with Crippen LogP contribution < -0.4 is 22.1 Å². The third-order valence-electron chi connectivity index (χ3n) is 2.87. The molecule has 0 amide bonds. The van der Waals surface area contributed by atoms with E-state index in [1.807, 2.05) is 0 Å². The van der Waals surface area contributed by atoms with Crippen LogP contribution >= 0.6 is 0 Å². The molecule has 1 atom stereocenters. The molecule has 146 valence electrons. The summed E-state index contributed by atoms with van der Waals surface area (Å²) in [6.45, 7) is 0.265. The number of hydrogen-bond acceptors (Lipinski definition) is 10. The topological polar surface area (TPSA) is 205 Å². The van der Waals surface area contributed by atoms with Crippen LogP contribution in [0.3, 0.4) is 0 Å². The first kappa shape index (κ1) is 22.9. The van der Waals surface area contributed by atoms with E-state index in [0.29, 0.717) is 19.4 Å². The summed E-state index contributed by atoms with van der Waals surface area (Å²) in [5.41, 5.74) is 16.0. The number of nitrogens with two attached hydrogens (primary N) is 3. The molecule has 13 nitrogen and oxygen atoms in total. The third-order valence-corrected chi connectivity index (χ3v) is 2.87. The summed E-state index contributed by atoms with van der Waals surface area (Å²) in [7, 11) is 1.44. The highest BCUT2D eigenvalue weighted by atomic mass is 16.8. The number of unbranched alkanes of at least 4 members (excludes halogenated alkanes) is 1. The molecule has 0 saturated carbocycles. The molecule has 1 rings (SSSR count). The number of likely N-dealkylation sites (N-methyl/N-ethyl adjacent to an activating group) is 1. The van der Waals surface area contributed by atoms with Crippen molar-refractivity contribution in [2.24, 2.45) is 22.5 Å². The summed E-state index contributed by atoms with van der Waals surface area (Å²) in [5, 5.41) is 9.20. The van der Waals surface area contributed by atoms with E-state index >= 15 is 0 Å². The SMILES string of the molecule is CN(CC(=O)OC(=O)[C@@H](N)CCCCN)C(=N)N.O=NOn1ccnc1. The fourth-order valence-corrected chi connectivity index (χ4v) is 1.46. The van der Waals surface area contributed by atoms with Crippen molar-refractivity contribution in [1.82, 2.24) is 14.6 Å². The Kier molecular flexibility index (Phi) is 11.7. The summed E-state index contributed by atoms with van der Waals surface area (Å²) < 4.78 is 5.63. The third kappa shape index (κ3) is 10.7. The minimum atomic E-state index is -0.830. The van der Waals surface area contributed by atoms with Crippen molar-refractivity contribution >= 4 is 17.9 Å². The molecule has 0 aliphatic heterocycles. The first-order chi connectivity index (χ1) is 12.3. The molecular weight excluding hydrogens is 348 g/mol. The van der Waals surface area contributed by atoms with Crippen LogP contribution in [0.1, 0.15) is 19.3 Å². The molecule has 0 bridgehead atoms. The number of esters is 2. The molecule has 0 spiro atoms. The number of rotatable bonds is 9. The van der Waals surface area contributed by atoms with Crippen LogP contribution in [0.15, 0.2) is 24.1 Å². The summed E-state index contributed by atoms with van der Waals surface area (Å²) >= 11 is 0. The molecule has 26 heavy (non-hydrogen) atoms. The van der Waals surface area contributed by atoms with Crippen molar-refractivity contribution in [3.05, 3.63) is 23.6 Å². The van der Waals surface area contributed by atoms with E-state index in [-0.39, 0.29) is 12.5 Å². The normalized spacial score (nSPS) is 10.7. The number of guanidine groups is 1. The van der Waals surface area contributed by atoms with Gasteiger partial charge in [0.05, 0.1) is 6.20 Å². The predicted molar refractivity (Wildman–Crippen MR) is 91.1 cm³/mol. The van der Waals surface area contributed by atoms with Crippen molar-refractivity contribution in [2.45, 2.75) is 25.3 Å². The molecule has 0 unspecified atom stereocenters. The van der Waals surface area contributed by atoms with Gasteiger partial charge in [0.15, 0.2) is 11.3 Å². The van der Waals surface area contributed by atoms with Gasteiger partial charge in [-0.2, -0.15) is 0 Å². The molecule has 0 saturated heterocycles. The minimum absolute atomic E-state index is 0.267. The highest BCUT2D eigenvalue weighted by molar-refractivity contribution is 5.90. The largest absolute Gasteiger partial charge is 0.391 e. The maximum atomic E-state index is 11.4. The first-order valence-electron chi connectivity index (χ1n) is 7.55. The highest BCUT2D eigenvalue weighted by Gasteiger charge is 2.19. The zero-order valence-corrected chi connectivity index (χ0v) is 14.4. The maximum Gasteiger partial charge on any atom is 0.333 e. The lowest BCUT2D eigenvalue weighted by molar-refractivity contribution is -0.160. The molecule has 0 fully saturated rings. The van der Waals surface area contributed by atoms with Crippen LogP contribution in [0, 0.1) is 10.3 Å². The lowest BCUT2D eigenvalue weighted by Gasteiger charge is -2.15. The highest BCUT2D eigenvalue weighted by Crippen LogP contribution is 2.00. The van der Waals surface area contributed by atoms with Gasteiger partial charge < -0.3 is 26.8 Å². The molecule has 1 aromatic heterocycles. The van der Waals surface area contributed by atoms with Gasteiger partial charge >= 0.3 is 11.9 Å². The van der Waals surface area contributed by atoms with Gasteiger partial charge in [-0.15, -0.1) is 9.64 Å². The number of nitrogens with zero attached hydrogens (tertiary/aromatic N) is 4. The molecule has 13 heteroatoms. The first-order valence-corrected chi connectivity index (χ1v) is 7.55. The molecule has 1 heterocycles. The maximum absolute atomic E-state index is 11.4. The van der Waals surface area contributed by atoms with E-state index in [2.05, 4.69) is 20.0 Å².